The lowest BCUT2D eigenvalue weighted by Gasteiger charge is -2.25. The van der Waals surface area contributed by atoms with Crippen LogP contribution in [0.2, 0.25) is 5.02 Å². The first-order valence-corrected chi connectivity index (χ1v) is 11.1. The lowest BCUT2D eigenvalue weighted by molar-refractivity contribution is 0.0993. The number of hydrogen-bond donors (Lipinski definition) is 2. The van der Waals surface area contributed by atoms with E-state index in [0.29, 0.717) is 28.5 Å². The Bertz CT molecular complexity index is 1120. The maximum atomic E-state index is 12.7. The van der Waals surface area contributed by atoms with E-state index in [0.717, 1.165) is 11.3 Å². The van der Waals surface area contributed by atoms with E-state index in [1.54, 1.807) is 67.6 Å². The van der Waals surface area contributed by atoms with Gasteiger partial charge in [0.15, 0.2) is 0 Å². The standard InChI is InChI=1S/C26H29ClN4O3/c1-30(2)24(19-6-5-7-23(16-19)34-4)17-28-26(33)29-21-12-14-22(15-13-21)31(3)25(32)18-8-10-20(27)11-9-18/h5-16,24H,17H2,1-4H3,(H2,28,29,33). The van der Waals surface area contributed by atoms with Crippen molar-refractivity contribution in [1.82, 2.24) is 10.2 Å². The number of halogens is 1. The molecule has 0 heterocycles. The summed E-state index contributed by atoms with van der Waals surface area (Å²) in [7, 11) is 7.26. The van der Waals surface area contributed by atoms with Crippen molar-refractivity contribution < 1.29 is 14.3 Å². The summed E-state index contributed by atoms with van der Waals surface area (Å²) in [6.07, 6.45) is 0. The van der Waals surface area contributed by atoms with Gasteiger partial charge in [0.25, 0.3) is 5.91 Å². The van der Waals surface area contributed by atoms with E-state index in [-0.39, 0.29) is 18.0 Å². The van der Waals surface area contributed by atoms with Crippen molar-refractivity contribution in [2.75, 3.05) is 45.0 Å². The monoisotopic (exact) mass is 480 g/mol. The summed E-state index contributed by atoms with van der Waals surface area (Å²) in [5, 5.41) is 6.33. The van der Waals surface area contributed by atoms with Gasteiger partial charge >= 0.3 is 6.03 Å². The van der Waals surface area contributed by atoms with Crippen molar-refractivity contribution >= 4 is 34.9 Å². The highest BCUT2D eigenvalue weighted by molar-refractivity contribution is 6.30. The maximum Gasteiger partial charge on any atom is 0.319 e. The molecule has 178 valence electrons. The summed E-state index contributed by atoms with van der Waals surface area (Å²) >= 11 is 5.90. The quantitative estimate of drug-likeness (QED) is 0.473. The fourth-order valence-corrected chi connectivity index (χ4v) is 3.61. The minimum absolute atomic E-state index is 0.0178. The number of amides is 3. The number of nitrogens with one attached hydrogen (secondary N) is 2. The van der Waals surface area contributed by atoms with Gasteiger partial charge in [-0.25, -0.2) is 4.79 Å². The van der Waals surface area contributed by atoms with Crippen LogP contribution in [0.15, 0.2) is 72.8 Å². The molecule has 3 aromatic carbocycles. The number of urea groups is 1. The Kier molecular flexibility index (Phi) is 8.51. The van der Waals surface area contributed by atoms with Crippen LogP contribution in [0, 0.1) is 0 Å². The van der Waals surface area contributed by atoms with Gasteiger partial charge in [0.05, 0.1) is 13.2 Å². The summed E-state index contributed by atoms with van der Waals surface area (Å²) in [6, 6.07) is 21.3. The van der Waals surface area contributed by atoms with E-state index in [4.69, 9.17) is 16.3 Å². The van der Waals surface area contributed by atoms with Crippen LogP contribution in [0.3, 0.4) is 0 Å². The molecule has 0 aliphatic rings. The Morgan fingerprint density at radius 1 is 0.971 bits per heavy atom. The van der Waals surface area contributed by atoms with Crippen molar-refractivity contribution in [3.05, 3.63) is 88.9 Å². The lowest BCUT2D eigenvalue weighted by atomic mass is 10.1. The van der Waals surface area contributed by atoms with Crippen molar-refractivity contribution in [2.24, 2.45) is 0 Å². The van der Waals surface area contributed by atoms with E-state index in [9.17, 15) is 9.59 Å². The van der Waals surface area contributed by atoms with Crippen LogP contribution < -0.4 is 20.3 Å². The summed E-state index contributed by atoms with van der Waals surface area (Å²) in [6.45, 7) is 0.419. The number of anilines is 2. The molecule has 0 radical (unpaired) electrons. The third kappa shape index (κ3) is 6.50. The first kappa shape index (κ1) is 25.1. The van der Waals surface area contributed by atoms with Gasteiger partial charge in [0.2, 0.25) is 0 Å². The van der Waals surface area contributed by atoms with Crippen LogP contribution in [0.1, 0.15) is 22.0 Å². The van der Waals surface area contributed by atoms with Gasteiger partial charge in [0.1, 0.15) is 5.75 Å². The second kappa shape index (κ2) is 11.5. The Labute approximate surface area is 205 Å². The number of likely N-dealkylation sites (N-methyl/N-ethyl adjacent to an activating group) is 1. The van der Waals surface area contributed by atoms with Gasteiger partial charge in [-0.1, -0.05) is 23.7 Å². The zero-order valence-corrected chi connectivity index (χ0v) is 20.5. The molecule has 0 aliphatic heterocycles. The molecule has 0 fully saturated rings. The second-order valence-electron chi connectivity index (χ2n) is 8.01. The molecule has 1 unspecified atom stereocenters. The molecular weight excluding hydrogens is 452 g/mol. The molecular formula is C26H29ClN4O3. The van der Waals surface area contributed by atoms with Crippen molar-refractivity contribution in [3.8, 4) is 5.75 Å². The van der Waals surface area contributed by atoms with Crippen molar-refractivity contribution in [2.45, 2.75) is 6.04 Å². The molecule has 0 bridgehead atoms. The van der Waals surface area contributed by atoms with Crippen LogP contribution in [0.5, 0.6) is 5.75 Å². The average Bonchev–Trinajstić information content (AvgIpc) is 2.84. The van der Waals surface area contributed by atoms with Gasteiger partial charge in [-0.2, -0.15) is 0 Å². The van der Waals surface area contributed by atoms with Gasteiger partial charge in [-0.05, 0) is 80.3 Å². The number of benzene rings is 3. The number of methoxy groups -OCH3 is 1. The molecule has 0 aromatic heterocycles. The molecule has 0 aliphatic carbocycles. The highest BCUT2D eigenvalue weighted by Gasteiger charge is 2.17. The minimum atomic E-state index is -0.312. The topological polar surface area (TPSA) is 73.9 Å². The Morgan fingerprint density at radius 3 is 2.26 bits per heavy atom. The molecule has 3 rings (SSSR count). The molecule has 7 nitrogen and oxygen atoms in total. The minimum Gasteiger partial charge on any atom is -0.497 e. The molecule has 0 saturated heterocycles. The van der Waals surface area contributed by atoms with E-state index in [1.165, 1.54) is 0 Å². The third-order valence-electron chi connectivity index (χ3n) is 5.47. The number of carbonyl (C=O) groups excluding carboxylic acids is 2. The van der Waals surface area contributed by atoms with Crippen molar-refractivity contribution in [3.63, 3.8) is 0 Å². The molecule has 3 amide bonds. The van der Waals surface area contributed by atoms with Crippen LogP contribution in [0.4, 0.5) is 16.2 Å². The van der Waals surface area contributed by atoms with Crippen LogP contribution >= 0.6 is 11.6 Å². The van der Waals surface area contributed by atoms with Gasteiger partial charge in [0, 0.05) is 35.6 Å². The third-order valence-corrected chi connectivity index (χ3v) is 5.72. The van der Waals surface area contributed by atoms with Crippen LogP contribution in [0.25, 0.3) is 0 Å². The van der Waals surface area contributed by atoms with Crippen LogP contribution in [-0.4, -0.2) is 51.6 Å². The van der Waals surface area contributed by atoms with Gasteiger partial charge in [-0.15, -0.1) is 0 Å². The molecule has 2 N–H and O–H groups in total. The SMILES string of the molecule is COc1cccc(C(CNC(=O)Nc2ccc(N(C)C(=O)c3ccc(Cl)cc3)cc2)N(C)C)c1. The number of ether oxygens (including phenoxy) is 1. The molecule has 1 atom stereocenters. The normalized spacial score (nSPS) is 11.6. The zero-order valence-electron chi connectivity index (χ0n) is 19.7. The number of carbonyl (C=O) groups is 2. The van der Waals surface area contributed by atoms with E-state index in [1.807, 2.05) is 43.3 Å². The second-order valence-corrected chi connectivity index (χ2v) is 8.45. The summed E-state index contributed by atoms with van der Waals surface area (Å²) in [5.41, 5.74) is 2.91. The highest BCUT2D eigenvalue weighted by Crippen LogP contribution is 2.23. The summed E-state index contributed by atoms with van der Waals surface area (Å²) in [5.74, 6) is 0.621. The smallest absolute Gasteiger partial charge is 0.319 e. The average molecular weight is 481 g/mol. The lowest BCUT2D eigenvalue weighted by Crippen LogP contribution is -2.36. The van der Waals surface area contributed by atoms with Crippen LogP contribution in [-0.2, 0) is 0 Å². The predicted molar refractivity (Wildman–Crippen MR) is 137 cm³/mol. The van der Waals surface area contributed by atoms with Gasteiger partial charge < -0.3 is 25.2 Å². The van der Waals surface area contributed by atoms with E-state index < -0.39 is 0 Å². The highest BCUT2D eigenvalue weighted by atomic mass is 35.5. The zero-order chi connectivity index (χ0) is 24.7. The van der Waals surface area contributed by atoms with E-state index >= 15 is 0 Å². The molecule has 3 aromatic rings. The number of hydrogen-bond acceptors (Lipinski definition) is 4. The molecule has 8 heteroatoms. The maximum absolute atomic E-state index is 12.7. The van der Waals surface area contributed by atoms with E-state index in [2.05, 4.69) is 10.6 Å². The summed E-state index contributed by atoms with van der Waals surface area (Å²) in [4.78, 5) is 28.7. The first-order chi connectivity index (χ1) is 16.3. The number of rotatable bonds is 8. The molecule has 34 heavy (non-hydrogen) atoms. The fraction of sp³-hybridized carbons (Fsp3) is 0.231. The Hall–Kier alpha value is -3.55. The molecule has 0 saturated carbocycles. The summed E-state index contributed by atoms with van der Waals surface area (Å²) < 4.78 is 5.31. The number of nitrogens with zero attached hydrogens (tertiary/aromatic N) is 2. The van der Waals surface area contributed by atoms with Crippen molar-refractivity contribution in [1.29, 1.82) is 0 Å². The Balaban J connectivity index is 1.58. The first-order valence-electron chi connectivity index (χ1n) is 10.8. The molecule has 0 spiro atoms. The van der Waals surface area contributed by atoms with Gasteiger partial charge in [-0.3, -0.25) is 4.79 Å². The fourth-order valence-electron chi connectivity index (χ4n) is 3.48. The Morgan fingerprint density at radius 2 is 1.65 bits per heavy atom. The largest absolute Gasteiger partial charge is 0.497 e. The predicted octanol–water partition coefficient (Wildman–Crippen LogP) is 5.05.